The van der Waals surface area contributed by atoms with Gasteiger partial charge in [-0.1, -0.05) is 15.9 Å². The maximum Gasteiger partial charge on any atom is 0.173 e. The van der Waals surface area contributed by atoms with E-state index in [0.717, 1.165) is 0 Å². The molecule has 0 spiro atoms. The Labute approximate surface area is 117 Å². The first-order chi connectivity index (χ1) is 8.97. The van der Waals surface area contributed by atoms with Gasteiger partial charge in [-0.2, -0.15) is 5.10 Å². The zero-order valence-electron chi connectivity index (χ0n) is 10.1. The Bertz CT molecular complexity index is 652. The summed E-state index contributed by atoms with van der Waals surface area (Å²) in [7, 11) is 1.67. The Morgan fingerprint density at radius 3 is 2.74 bits per heavy atom. The number of rotatable bonds is 4. The summed E-state index contributed by atoms with van der Waals surface area (Å²) in [4.78, 5) is 23.7. The summed E-state index contributed by atoms with van der Waals surface area (Å²) < 4.78 is 15.6. The lowest BCUT2D eigenvalue weighted by Crippen LogP contribution is -2.09. The highest BCUT2D eigenvalue weighted by molar-refractivity contribution is 9.10. The molecular formula is C13H10BrFN2O2. The van der Waals surface area contributed by atoms with Gasteiger partial charge in [-0.3, -0.25) is 14.3 Å². The number of hydrogen-bond donors (Lipinski definition) is 0. The average Bonchev–Trinajstić information content (AvgIpc) is 2.79. The van der Waals surface area contributed by atoms with Gasteiger partial charge in [0.2, 0.25) is 0 Å². The number of Topliss-reactive ketones (excluding diaryl/α,β-unsaturated/α-hetero) is 2. The van der Waals surface area contributed by atoms with Gasteiger partial charge >= 0.3 is 0 Å². The van der Waals surface area contributed by atoms with Crippen LogP contribution in [0.25, 0.3) is 0 Å². The summed E-state index contributed by atoms with van der Waals surface area (Å²) in [6, 6.07) is 4.05. The molecule has 0 saturated carbocycles. The zero-order valence-corrected chi connectivity index (χ0v) is 11.6. The van der Waals surface area contributed by atoms with E-state index in [2.05, 4.69) is 21.0 Å². The van der Waals surface area contributed by atoms with Crippen LogP contribution in [-0.2, 0) is 7.05 Å². The number of nitrogens with zero attached hydrogens (tertiary/aromatic N) is 2. The second-order valence-corrected chi connectivity index (χ2v) is 4.97. The SMILES string of the molecule is Cn1cc(C(=O)CC(=O)c2cc(Br)ccc2F)cn1. The minimum Gasteiger partial charge on any atom is -0.294 e. The first kappa shape index (κ1) is 13.6. The molecule has 0 amide bonds. The predicted molar refractivity (Wildman–Crippen MR) is 70.6 cm³/mol. The Hall–Kier alpha value is -1.82. The van der Waals surface area contributed by atoms with Crippen molar-refractivity contribution in [1.29, 1.82) is 0 Å². The highest BCUT2D eigenvalue weighted by Gasteiger charge is 2.18. The first-order valence-corrected chi connectivity index (χ1v) is 6.27. The molecule has 1 heterocycles. The molecule has 0 bridgehead atoms. The van der Waals surface area contributed by atoms with Gasteiger partial charge in [0.05, 0.1) is 23.7 Å². The number of ketones is 2. The van der Waals surface area contributed by atoms with E-state index < -0.39 is 11.6 Å². The third kappa shape index (κ3) is 3.14. The molecule has 1 aromatic carbocycles. The number of carbonyl (C=O) groups is 2. The number of aromatic nitrogens is 2. The van der Waals surface area contributed by atoms with Crippen molar-refractivity contribution in [1.82, 2.24) is 9.78 Å². The van der Waals surface area contributed by atoms with Crippen molar-refractivity contribution in [3.63, 3.8) is 0 Å². The van der Waals surface area contributed by atoms with E-state index in [-0.39, 0.29) is 17.8 Å². The maximum atomic E-state index is 13.5. The van der Waals surface area contributed by atoms with Crippen LogP contribution in [0.15, 0.2) is 35.1 Å². The van der Waals surface area contributed by atoms with Crippen LogP contribution in [0.4, 0.5) is 4.39 Å². The van der Waals surface area contributed by atoms with E-state index in [1.165, 1.54) is 35.3 Å². The summed E-state index contributed by atoms with van der Waals surface area (Å²) in [5, 5.41) is 3.85. The van der Waals surface area contributed by atoms with Gasteiger partial charge in [-0.05, 0) is 18.2 Å². The van der Waals surface area contributed by atoms with Crippen molar-refractivity contribution in [2.75, 3.05) is 0 Å². The number of benzene rings is 1. The fourth-order valence-corrected chi connectivity index (χ4v) is 1.98. The number of halogens is 2. The smallest absolute Gasteiger partial charge is 0.173 e. The van der Waals surface area contributed by atoms with Gasteiger partial charge in [0.1, 0.15) is 5.82 Å². The van der Waals surface area contributed by atoms with Crippen LogP contribution in [-0.4, -0.2) is 21.3 Å². The molecule has 0 aliphatic rings. The lowest BCUT2D eigenvalue weighted by Gasteiger charge is -2.02. The normalized spacial score (nSPS) is 10.5. The van der Waals surface area contributed by atoms with E-state index in [9.17, 15) is 14.0 Å². The van der Waals surface area contributed by atoms with Crippen molar-refractivity contribution in [3.05, 3.63) is 52.0 Å². The van der Waals surface area contributed by atoms with Crippen molar-refractivity contribution >= 4 is 27.5 Å². The molecule has 4 nitrogen and oxygen atoms in total. The average molecular weight is 325 g/mol. The summed E-state index contributed by atoms with van der Waals surface area (Å²) in [5.41, 5.74) is 0.248. The van der Waals surface area contributed by atoms with Crippen LogP contribution in [0, 0.1) is 5.82 Å². The monoisotopic (exact) mass is 324 g/mol. The third-order valence-electron chi connectivity index (χ3n) is 2.58. The Balaban J connectivity index is 2.17. The quantitative estimate of drug-likeness (QED) is 0.642. The fourth-order valence-electron chi connectivity index (χ4n) is 1.62. The Kier molecular flexibility index (Phi) is 3.90. The van der Waals surface area contributed by atoms with Crippen molar-refractivity contribution in [2.24, 2.45) is 7.05 Å². The van der Waals surface area contributed by atoms with Gasteiger partial charge in [-0.25, -0.2) is 4.39 Å². The van der Waals surface area contributed by atoms with Crippen molar-refractivity contribution < 1.29 is 14.0 Å². The van der Waals surface area contributed by atoms with Crippen LogP contribution in [0.2, 0.25) is 0 Å². The van der Waals surface area contributed by atoms with Gasteiger partial charge in [0, 0.05) is 17.7 Å². The molecular weight excluding hydrogens is 315 g/mol. The second kappa shape index (κ2) is 5.44. The van der Waals surface area contributed by atoms with Crippen molar-refractivity contribution in [2.45, 2.75) is 6.42 Å². The Morgan fingerprint density at radius 2 is 2.11 bits per heavy atom. The summed E-state index contributed by atoms with van der Waals surface area (Å²) in [6.07, 6.45) is 2.53. The van der Waals surface area contributed by atoms with E-state index >= 15 is 0 Å². The molecule has 1 aromatic heterocycles. The molecule has 2 rings (SSSR count). The summed E-state index contributed by atoms with van der Waals surface area (Å²) in [6.45, 7) is 0. The minimum atomic E-state index is -0.632. The van der Waals surface area contributed by atoms with Crippen LogP contribution < -0.4 is 0 Å². The van der Waals surface area contributed by atoms with Crippen LogP contribution in [0.3, 0.4) is 0 Å². The van der Waals surface area contributed by atoms with Crippen molar-refractivity contribution in [3.8, 4) is 0 Å². The predicted octanol–water partition coefficient (Wildman–Crippen LogP) is 2.78. The zero-order chi connectivity index (χ0) is 14.0. The molecule has 0 saturated heterocycles. The molecule has 0 fully saturated rings. The molecule has 0 N–H and O–H groups in total. The lowest BCUT2D eigenvalue weighted by atomic mass is 10.0. The highest BCUT2D eigenvalue weighted by atomic mass is 79.9. The van der Waals surface area contributed by atoms with Crippen LogP contribution in [0.1, 0.15) is 27.1 Å². The molecule has 0 atom stereocenters. The maximum absolute atomic E-state index is 13.5. The number of carbonyl (C=O) groups excluding carboxylic acids is 2. The van der Waals surface area contributed by atoms with Crippen LogP contribution in [0.5, 0.6) is 0 Å². The molecule has 0 aliphatic carbocycles. The summed E-state index contributed by atoms with van der Waals surface area (Å²) >= 11 is 3.16. The fraction of sp³-hybridized carbons (Fsp3) is 0.154. The molecule has 2 aromatic rings. The van der Waals surface area contributed by atoms with Gasteiger partial charge < -0.3 is 0 Å². The lowest BCUT2D eigenvalue weighted by molar-refractivity contribution is 0.0892. The number of hydrogen-bond acceptors (Lipinski definition) is 3. The summed E-state index contributed by atoms with van der Waals surface area (Å²) in [5.74, 6) is -1.56. The Morgan fingerprint density at radius 1 is 1.37 bits per heavy atom. The van der Waals surface area contributed by atoms with E-state index in [1.807, 2.05) is 0 Å². The van der Waals surface area contributed by atoms with E-state index in [0.29, 0.717) is 10.0 Å². The molecule has 0 unspecified atom stereocenters. The largest absolute Gasteiger partial charge is 0.294 e. The van der Waals surface area contributed by atoms with Gasteiger partial charge in [0.25, 0.3) is 0 Å². The van der Waals surface area contributed by atoms with Crippen LogP contribution >= 0.6 is 15.9 Å². The second-order valence-electron chi connectivity index (χ2n) is 4.05. The standard InChI is InChI=1S/C13H10BrFN2O2/c1-17-7-8(6-16-17)12(18)5-13(19)10-4-9(14)2-3-11(10)15/h2-4,6-7H,5H2,1H3. The van der Waals surface area contributed by atoms with Gasteiger partial charge in [0.15, 0.2) is 11.6 Å². The third-order valence-corrected chi connectivity index (χ3v) is 3.07. The molecule has 6 heteroatoms. The molecule has 98 valence electrons. The van der Waals surface area contributed by atoms with Gasteiger partial charge in [-0.15, -0.1) is 0 Å². The van der Waals surface area contributed by atoms with E-state index in [4.69, 9.17) is 0 Å². The number of aryl methyl sites for hydroxylation is 1. The first-order valence-electron chi connectivity index (χ1n) is 5.47. The highest BCUT2D eigenvalue weighted by Crippen LogP contribution is 2.18. The topological polar surface area (TPSA) is 52.0 Å². The molecule has 0 aliphatic heterocycles. The molecule has 19 heavy (non-hydrogen) atoms. The minimum absolute atomic E-state index is 0.0911. The van der Waals surface area contributed by atoms with E-state index in [1.54, 1.807) is 7.05 Å². The molecule has 0 radical (unpaired) electrons.